The maximum absolute atomic E-state index is 9.94. The first-order chi connectivity index (χ1) is 12.9. The minimum Gasteiger partial charge on any atom is -0.211 e. The monoisotopic (exact) mass is 376 g/mol. The number of hydrogen-bond acceptors (Lipinski definition) is 8. The van der Waals surface area contributed by atoms with Crippen LogP contribution in [0.15, 0.2) is 20.0 Å². The van der Waals surface area contributed by atoms with Crippen molar-refractivity contribution in [1.29, 1.82) is 0 Å². The zero-order valence-corrected chi connectivity index (χ0v) is 16.3. The Morgan fingerprint density at radius 2 is 1.33 bits per heavy atom. The molecular formula is C19H28N4O4. The van der Waals surface area contributed by atoms with Crippen molar-refractivity contribution >= 4 is 24.3 Å². The summed E-state index contributed by atoms with van der Waals surface area (Å²) in [5.41, 5.74) is 0.109. The Hall–Kier alpha value is -2.48. The highest BCUT2D eigenvalue weighted by atomic mass is 16.1. The van der Waals surface area contributed by atoms with Crippen molar-refractivity contribution in [2.75, 3.05) is 13.1 Å². The summed E-state index contributed by atoms with van der Waals surface area (Å²) < 4.78 is 0. The third kappa shape index (κ3) is 13.4. The highest BCUT2D eigenvalue weighted by molar-refractivity contribution is 5.34. The lowest BCUT2D eigenvalue weighted by atomic mass is 9.80. The largest absolute Gasteiger partial charge is 0.235 e. The van der Waals surface area contributed by atoms with Crippen LogP contribution in [0.4, 0.5) is 0 Å². The Morgan fingerprint density at radius 1 is 0.852 bits per heavy atom. The number of isocyanates is 4. The molecule has 0 aromatic rings. The van der Waals surface area contributed by atoms with Gasteiger partial charge >= 0.3 is 0 Å². The van der Waals surface area contributed by atoms with E-state index in [0.29, 0.717) is 19.0 Å². The van der Waals surface area contributed by atoms with Crippen LogP contribution >= 0.6 is 0 Å². The second-order valence-corrected chi connectivity index (χ2v) is 7.53. The van der Waals surface area contributed by atoms with Crippen LogP contribution in [0.1, 0.15) is 59.3 Å². The lowest BCUT2D eigenvalue weighted by Crippen LogP contribution is -2.19. The summed E-state index contributed by atoms with van der Waals surface area (Å²) in [6.07, 6.45) is 11.3. The first kappa shape index (κ1) is 24.5. The van der Waals surface area contributed by atoms with Crippen molar-refractivity contribution in [3.8, 4) is 0 Å². The summed E-state index contributed by atoms with van der Waals surface area (Å²) >= 11 is 0. The van der Waals surface area contributed by atoms with E-state index in [1.54, 1.807) is 18.2 Å². The van der Waals surface area contributed by atoms with Gasteiger partial charge in [0.15, 0.2) is 0 Å². The average Bonchev–Trinajstić information content (AvgIpc) is 2.62. The molecule has 0 aliphatic heterocycles. The van der Waals surface area contributed by atoms with Gasteiger partial charge < -0.3 is 0 Å². The van der Waals surface area contributed by atoms with Gasteiger partial charge in [-0.3, -0.25) is 0 Å². The number of carbonyl (C=O) groups excluding carboxylic acids is 4. The third-order valence-corrected chi connectivity index (χ3v) is 4.47. The average molecular weight is 376 g/mol. The van der Waals surface area contributed by atoms with Crippen molar-refractivity contribution in [1.82, 2.24) is 0 Å². The van der Waals surface area contributed by atoms with Gasteiger partial charge in [0.2, 0.25) is 24.3 Å². The van der Waals surface area contributed by atoms with Gasteiger partial charge in [0.1, 0.15) is 0 Å². The fourth-order valence-corrected chi connectivity index (χ4v) is 3.17. The van der Waals surface area contributed by atoms with Crippen LogP contribution in [0.2, 0.25) is 0 Å². The Morgan fingerprint density at radius 3 is 1.74 bits per heavy atom. The Balaban J connectivity index is 0.000000511. The van der Waals surface area contributed by atoms with E-state index >= 15 is 0 Å². The zero-order valence-electron chi connectivity index (χ0n) is 16.3. The molecule has 1 aliphatic rings. The molecule has 8 heteroatoms. The molecule has 1 unspecified atom stereocenters. The minimum atomic E-state index is 0.0978. The molecule has 0 aromatic carbocycles. The van der Waals surface area contributed by atoms with E-state index in [1.165, 1.54) is 6.08 Å². The van der Waals surface area contributed by atoms with Crippen LogP contribution in [-0.2, 0) is 19.2 Å². The molecule has 1 aliphatic carbocycles. The molecule has 0 heterocycles. The zero-order chi connectivity index (χ0) is 20.5. The van der Waals surface area contributed by atoms with Gasteiger partial charge in [-0.05, 0) is 49.9 Å². The van der Waals surface area contributed by atoms with Crippen LogP contribution in [-0.4, -0.2) is 49.5 Å². The maximum atomic E-state index is 9.94. The molecular weight excluding hydrogens is 348 g/mol. The van der Waals surface area contributed by atoms with Crippen molar-refractivity contribution in [2.24, 2.45) is 31.3 Å². The molecule has 0 amide bonds. The van der Waals surface area contributed by atoms with Crippen LogP contribution < -0.4 is 0 Å². The first-order valence-corrected chi connectivity index (χ1v) is 9.09. The maximum Gasteiger partial charge on any atom is 0.235 e. The Kier molecular flexibility index (Phi) is 13.3. The highest BCUT2D eigenvalue weighted by Crippen LogP contribution is 2.29. The normalized spacial score (nSPS) is 19.5. The first-order valence-electron chi connectivity index (χ1n) is 9.09. The predicted molar refractivity (Wildman–Crippen MR) is 100 cm³/mol. The van der Waals surface area contributed by atoms with E-state index in [-0.39, 0.29) is 17.5 Å². The van der Waals surface area contributed by atoms with Crippen LogP contribution in [0.5, 0.6) is 0 Å². The Labute approximate surface area is 160 Å². The topological polar surface area (TPSA) is 118 Å². The molecule has 0 radical (unpaired) electrons. The van der Waals surface area contributed by atoms with E-state index in [4.69, 9.17) is 0 Å². The standard InChI is InChI=1S/C11H18N2O2.C8H10N2O2/c1-10(7-13-9-15)6-11(2,3)4-5-12-8-14;11-5-9-7-1-2-8(4-3-7)10-6-12/h10H,4-7H2,1-3H3;7-8H,1-4H2. The number of aliphatic imine (C=N–C) groups is 4. The SMILES string of the molecule is CC(CN=C=O)CC(C)(C)CCN=C=O.O=C=NC1CCC(N=C=O)CC1. The van der Waals surface area contributed by atoms with E-state index < -0.39 is 0 Å². The van der Waals surface area contributed by atoms with Crippen LogP contribution in [0.3, 0.4) is 0 Å². The van der Waals surface area contributed by atoms with Gasteiger partial charge in [-0.2, -0.15) is 0 Å². The minimum absolute atomic E-state index is 0.0978. The molecule has 148 valence electrons. The van der Waals surface area contributed by atoms with Crippen LogP contribution in [0, 0.1) is 11.3 Å². The summed E-state index contributed by atoms with van der Waals surface area (Å²) in [6, 6.07) is 0.196. The van der Waals surface area contributed by atoms with E-state index in [0.717, 1.165) is 38.5 Å². The van der Waals surface area contributed by atoms with E-state index in [2.05, 4.69) is 33.8 Å². The van der Waals surface area contributed by atoms with Crippen molar-refractivity contribution in [2.45, 2.75) is 71.4 Å². The summed E-state index contributed by atoms with van der Waals surface area (Å²) in [6.45, 7) is 7.32. The molecule has 1 rings (SSSR count). The highest BCUT2D eigenvalue weighted by Gasteiger charge is 2.21. The van der Waals surface area contributed by atoms with E-state index in [9.17, 15) is 19.2 Å². The molecule has 27 heavy (non-hydrogen) atoms. The summed E-state index contributed by atoms with van der Waals surface area (Å²) in [4.78, 5) is 54.0. The number of rotatable bonds is 9. The van der Waals surface area contributed by atoms with Gasteiger partial charge in [-0.15, -0.1) is 0 Å². The van der Waals surface area contributed by atoms with Gasteiger partial charge in [0.25, 0.3) is 0 Å². The lowest BCUT2D eigenvalue weighted by Gasteiger charge is -2.26. The molecule has 8 nitrogen and oxygen atoms in total. The second kappa shape index (κ2) is 14.7. The van der Waals surface area contributed by atoms with Gasteiger partial charge in [0, 0.05) is 0 Å². The van der Waals surface area contributed by atoms with Gasteiger partial charge in [0.05, 0.1) is 25.2 Å². The predicted octanol–water partition coefficient (Wildman–Crippen LogP) is 3.07. The molecule has 1 atom stereocenters. The van der Waals surface area contributed by atoms with Crippen molar-refractivity contribution in [3.05, 3.63) is 0 Å². The quantitative estimate of drug-likeness (QED) is 0.454. The van der Waals surface area contributed by atoms with Crippen LogP contribution in [0.25, 0.3) is 0 Å². The molecule has 0 N–H and O–H groups in total. The summed E-state index contributed by atoms with van der Waals surface area (Å²) in [5, 5.41) is 0. The van der Waals surface area contributed by atoms with Crippen molar-refractivity contribution in [3.63, 3.8) is 0 Å². The number of hydrogen-bond donors (Lipinski definition) is 0. The van der Waals surface area contributed by atoms with Crippen molar-refractivity contribution < 1.29 is 19.2 Å². The number of nitrogens with zero attached hydrogens (tertiary/aromatic N) is 4. The molecule has 1 fully saturated rings. The molecule has 0 saturated heterocycles. The smallest absolute Gasteiger partial charge is 0.211 e. The van der Waals surface area contributed by atoms with Gasteiger partial charge in [-0.25, -0.2) is 39.1 Å². The summed E-state index contributed by atoms with van der Waals surface area (Å²) in [7, 11) is 0. The van der Waals surface area contributed by atoms with E-state index in [1.807, 2.05) is 6.92 Å². The van der Waals surface area contributed by atoms with Gasteiger partial charge in [-0.1, -0.05) is 20.8 Å². The fraction of sp³-hybridized carbons (Fsp3) is 0.789. The molecule has 0 bridgehead atoms. The molecule has 0 spiro atoms. The lowest BCUT2D eigenvalue weighted by molar-refractivity contribution is 0.264. The third-order valence-electron chi connectivity index (χ3n) is 4.47. The fourth-order valence-electron chi connectivity index (χ4n) is 3.17. The summed E-state index contributed by atoms with van der Waals surface area (Å²) in [5.74, 6) is 0.349. The molecule has 1 saturated carbocycles. The Bertz CT molecular complexity index is 590. The second-order valence-electron chi connectivity index (χ2n) is 7.53. The molecule has 0 aromatic heterocycles.